The second kappa shape index (κ2) is 6.29. The van der Waals surface area contributed by atoms with Gasteiger partial charge in [0.05, 0.1) is 0 Å². The molecule has 1 atom stereocenters. The molecule has 2 heterocycles. The summed E-state index contributed by atoms with van der Waals surface area (Å²) < 4.78 is 5.29. The highest BCUT2D eigenvalue weighted by molar-refractivity contribution is 6.31. The standard InChI is InChI=1S/C16H19ClN4O2/c1-10-4-5-12(17)8-13(10)16(22)21-7-6-20(3)14(9-21)15-18-11(2)19-23-15/h4-5,8,14H,6-7,9H2,1-3H3/t14-/m0/s1. The number of piperazine rings is 1. The lowest BCUT2D eigenvalue weighted by Crippen LogP contribution is -2.49. The van der Waals surface area contributed by atoms with Gasteiger partial charge in [0.15, 0.2) is 5.82 Å². The van der Waals surface area contributed by atoms with Gasteiger partial charge in [0.25, 0.3) is 5.91 Å². The quantitative estimate of drug-likeness (QED) is 0.844. The van der Waals surface area contributed by atoms with E-state index in [9.17, 15) is 4.79 Å². The summed E-state index contributed by atoms with van der Waals surface area (Å²) in [5.41, 5.74) is 1.56. The van der Waals surface area contributed by atoms with Crippen LogP contribution in [0.2, 0.25) is 5.02 Å². The van der Waals surface area contributed by atoms with Crippen LogP contribution in [-0.2, 0) is 0 Å². The molecule has 2 aromatic rings. The van der Waals surface area contributed by atoms with Crippen LogP contribution in [0.3, 0.4) is 0 Å². The van der Waals surface area contributed by atoms with Crippen molar-refractivity contribution in [2.45, 2.75) is 19.9 Å². The number of carbonyl (C=O) groups is 1. The number of nitrogens with zero attached hydrogens (tertiary/aromatic N) is 4. The van der Waals surface area contributed by atoms with Gasteiger partial charge in [-0.2, -0.15) is 4.98 Å². The molecule has 1 aromatic heterocycles. The van der Waals surface area contributed by atoms with Crippen molar-refractivity contribution in [2.75, 3.05) is 26.7 Å². The molecule has 1 saturated heterocycles. The minimum absolute atomic E-state index is 0.0145. The van der Waals surface area contributed by atoms with Crippen LogP contribution in [0, 0.1) is 13.8 Å². The first kappa shape index (κ1) is 16.0. The highest BCUT2D eigenvalue weighted by Crippen LogP contribution is 2.25. The number of rotatable bonds is 2. The zero-order chi connectivity index (χ0) is 16.6. The molecule has 0 unspecified atom stereocenters. The first-order valence-corrected chi connectivity index (χ1v) is 7.89. The van der Waals surface area contributed by atoms with Gasteiger partial charge in [-0.05, 0) is 38.6 Å². The number of aryl methyl sites for hydroxylation is 2. The smallest absolute Gasteiger partial charge is 0.254 e. The Kier molecular flexibility index (Phi) is 4.37. The number of benzene rings is 1. The van der Waals surface area contributed by atoms with Gasteiger partial charge in [0.2, 0.25) is 5.89 Å². The summed E-state index contributed by atoms with van der Waals surface area (Å²) in [6, 6.07) is 5.30. The number of hydrogen-bond donors (Lipinski definition) is 0. The summed E-state index contributed by atoms with van der Waals surface area (Å²) in [5, 5.41) is 4.41. The lowest BCUT2D eigenvalue weighted by atomic mass is 10.1. The largest absolute Gasteiger partial charge is 0.338 e. The molecule has 1 aromatic carbocycles. The summed E-state index contributed by atoms with van der Waals surface area (Å²) in [4.78, 5) is 21.1. The monoisotopic (exact) mass is 334 g/mol. The minimum atomic E-state index is -0.0895. The van der Waals surface area contributed by atoms with Gasteiger partial charge in [-0.15, -0.1) is 0 Å². The van der Waals surface area contributed by atoms with Gasteiger partial charge in [0, 0.05) is 30.2 Å². The van der Waals surface area contributed by atoms with Gasteiger partial charge < -0.3 is 9.42 Å². The molecule has 0 aliphatic carbocycles. The van der Waals surface area contributed by atoms with Crippen LogP contribution in [0.4, 0.5) is 0 Å². The summed E-state index contributed by atoms with van der Waals surface area (Å²) in [7, 11) is 2.00. The Labute approximate surface area is 140 Å². The second-order valence-corrected chi connectivity index (χ2v) is 6.32. The van der Waals surface area contributed by atoms with Crippen LogP contribution in [-0.4, -0.2) is 52.5 Å². The third-order valence-electron chi connectivity index (χ3n) is 4.19. The first-order chi connectivity index (χ1) is 11.0. The van der Waals surface area contributed by atoms with E-state index in [2.05, 4.69) is 15.0 Å². The van der Waals surface area contributed by atoms with E-state index in [1.165, 1.54) is 0 Å². The van der Waals surface area contributed by atoms with Crippen LogP contribution < -0.4 is 0 Å². The highest BCUT2D eigenvalue weighted by Gasteiger charge is 2.32. The molecule has 0 saturated carbocycles. The van der Waals surface area contributed by atoms with E-state index >= 15 is 0 Å². The highest BCUT2D eigenvalue weighted by atomic mass is 35.5. The van der Waals surface area contributed by atoms with E-state index in [-0.39, 0.29) is 11.9 Å². The van der Waals surface area contributed by atoms with Crippen LogP contribution >= 0.6 is 11.6 Å². The maximum atomic E-state index is 12.8. The number of amides is 1. The molecule has 1 fully saturated rings. The third kappa shape index (κ3) is 3.23. The Morgan fingerprint density at radius 3 is 2.83 bits per heavy atom. The van der Waals surface area contributed by atoms with Crippen molar-refractivity contribution in [1.29, 1.82) is 0 Å². The summed E-state index contributed by atoms with van der Waals surface area (Å²) >= 11 is 6.04. The second-order valence-electron chi connectivity index (χ2n) is 5.89. The van der Waals surface area contributed by atoms with Crippen molar-refractivity contribution in [3.8, 4) is 0 Å². The first-order valence-electron chi connectivity index (χ1n) is 7.51. The molecule has 1 aliphatic rings. The van der Waals surface area contributed by atoms with E-state index in [1.807, 2.05) is 24.9 Å². The maximum Gasteiger partial charge on any atom is 0.254 e. The topological polar surface area (TPSA) is 62.5 Å². The van der Waals surface area contributed by atoms with Crippen LogP contribution in [0.1, 0.15) is 33.7 Å². The predicted octanol–water partition coefficient (Wildman–Crippen LogP) is 2.47. The van der Waals surface area contributed by atoms with Gasteiger partial charge in [-0.25, -0.2) is 0 Å². The average Bonchev–Trinajstić information content (AvgIpc) is 2.96. The lowest BCUT2D eigenvalue weighted by molar-refractivity contribution is 0.0488. The van der Waals surface area contributed by atoms with Gasteiger partial charge in [-0.1, -0.05) is 22.8 Å². The molecule has 122 valence electrons. The Morgan fingerprint density at radius 2 is 2.13 bits per heavy atom. The van der Waals surface area contributed by atoms with Gasteiger partial charge in [0.1, 0.15) is 6.04 Å². The molecule has 23 heavy (non-hydrogen) atoms. The molecular formula is C16H19ClN4O2. The summed E-state index contributed by atoms with van der Waals surface area (Å²) in [6.07, 6.45) is 0. The molecule has 0 radical (unpaired) electrons. The third-order valence-corrected chi connectivity index (χ3v) is 4.43. The van der Waals surface area contributed by atoms with Crippen LogP contribution in [0.15, 0.2) is 22.7 Å². The predicted molar refractivity (Wildman–Crippen MR) is 86.5 cm³/mol. The number of halogens is 1. The van der Waals surface area contributed by atoms with E-state index in [4.69, 9.17) is 16.1 Å². The van der Waals surface area contributed by atoms with Crippen molar-refractivity contribution < 1.29 is 9.32 Å². The molecule has 1 amide bonds. The SMILES string of the molecule is Cc1noc([C@@H]2CN(C(=O)c3cc(Cl)ccc3C)CCN2C)n1. The van der Waals surface area contributed by atoms with Crippen molar-refractivity contribution in [2.24, 2.45) is 0 Å². The fourth-order valence-electron chi connectivity index (χ4n) is 2.77. The van der Waals surface area contributed by atoms with E-state index in [0.717, 1.165) is 12.1 Å². The molecule has 7 heteroatoms. The number of likely N-dealkylation sites (N-methyl/N-ethyl adjacent to an activating group) is 1. The molecule has 3 rings (SSSR count). The van der Waals surface area contributed by atoms with E-state index < -0.39 is 0 Å². The summed E-state index contributed by atoms with van der Waals surface area (Å²) in [6.45, 7) is 5.62. The van der Waals surface area contributed by atoms with Crippen molar-refractivity contribution in [3.05, 3.63) is 46.1 Å². The molecule has 0 spiro atoms. The van der Waals surface area contributed by atoms with Crippen molar-refractivity contribution >= 4 is 17.5 Å². The molecule has 0 N–H and O–H groups in total. The Bertz CT molecular complexity index is 731. The fraction of sp³-hybridized carbons (Fsp3) is 0.438. The Hall–Kier alpha value is -1.92. The molecule has 1 aliphatic heterocycles. The van der Waals surface area contributed by atoms with Crippen molar-refractivity contribution in [3.63, 3.8) is 0 Å². The molecule has 6 nitrogen and oxygen atoms in total. The maximum absolute atomic E-state index is 12.8. The van der Waals surface area contributed by atoms with Gasteiger partial charge >= 0.3 is 0 Å². The van der Waals surface area contributed by atoms with Crippen LogP contribution in [0.5, 0.6) is 0 Å². The lowest BCUT2D eigenvalue weighted by Gasteiger charge is -2.37. The minimum Gasteiger partial charge on any atom is -0.338 e. The Balaban J connectivity index is 1.83. The molecular weight excluding hydrogens is 316 g/mol. The Morgan fingerprint density at radius 1 is 1.35 bits per heavy atom. The number of carbonyl (C=O) groups excluding carboxylic acids is 1. The average molecular weight is 335 g/mol. The number of hydrogen-bond acceptors (Lipinski definition) is 5. The van der Waals surface area contributed by atoms with E-state index in [1.54, 1.807) is 19.1 Å². The summed E-state index contributed by atoms with van der Waals surface area (Å²) in [5.74, 6) is 1.13. The number of aromatic nitrogens is 2. The fourth-order valence-corrected chi connectivity index (χ4v) is 2.94. The zero-order valence-electron chi connectivity index (χ0n) is 13.4. The molecule has 0 bridgehead atoms. The van der Waals surface area contributed by atoms with Crippen molar-refractivity contribution in [1.82, 2.24) is 19.9 Å². The van der Waals surface area contributed by atoms with E-state index in [0.29, 0.717) is 35.4 Å². The normalized spacial score (nSPS) is 19.1. The van der Waals surface area contributed by atoms with Crippen LogP contribution in [0.25, 0.3) is 0 Å². The zero-order valence-corrected chi connectivity index (χ0v) is 14.2. The van der Waals surface area contributed by atoms with Gasteiger partial charge in [-0.3, -0.25) is 9.69 Å².